The Hall–Kier alpha value is -3.70. The zero-order chi connectivity index (χ0) is 29.0. The molecule has 3 aromatic rings. The maximum absolute atomic E-state index is 13.9. The van der Waals surface area contributed by atoms with Crippen molar-refractivity contribution in [2.75, 3.05) is 16.0 Å². The highest BCUT2D eigenvalue weighted by Crippen LogP contribution is 2.32. The van der Waals surface area contributed by atoms with Crippen LogP contribution in [0.4, 0.5) is 5.69 Å². The number of nitrogens with zero attached hydrogens (tertiary/aromatic N) is 2. The largest absolute Gasteiger partial charge is 0.366 e. The number of hydrogen-bond acceptors (Lipinski definition) is 6. The minimum absolute atomic E-state index is 0.143. The Labute approximate surface area is 230 Å². The van der Waals surface area contributed by atoms with Crippen molar-refractivity contribution in [3.63, 3.8) is 0 Å². The van der Waals surface area contributed by atoms with E-state index in [1.165, 1.54) is 41.3 Å². The molecule has 208 valence electrons. The fourth-order valence-corrected chi connectivity index (χ4v) is 7.75. The van der Waals surface area contributed by atoms with Crippen LogP contribution < -0.4 is 9.44 Å². The lowest BCUT2D eigenvalue weighted by Gasteiger charge is -2.27. The standard InChI is InChI=1S/C28H33N3O6S2/c1-5-30(19-21-11-7-6-8-12-21)26(32)20-38(34,35)31(25-14-10-9-13-24(25)27(29)33)39(36,37)23-17-15-22(16-18-23)28(2,3)4/h6-18H,5,19-20H2,1-4H3,(H2,29,33). The van der Waals surface area contributed by atoms with Crippen LogP contribution in [-0.2, 0) is 36.8 Å². The molecule has 0 saturated heterocycles. The average Bonchev–Trinajstić information content (AvgIpc) is 2.87. The second-order valence-corrected chi connectivity index (χ2v) is 13.8. The molecule has 0 bridgehead atoms. The normalized spacial score (nSPS) is 12.1. The number of primary amides is 1. The summed E-state index contributed by atoms with van der Waals surface area (Å²) in [6.07, 6.45) is 0. The van der Waals surface area contributed by atoms with E-state index in [4.69, 9.17) is 5.73 Å². The summed E-state index contributed by atoms with van der Waals surface area (Å²) in [7, 11) is -9.68. The first kappa shape index (κ1) is 29.9. The third-order valence-electron chi connectivity index (χ3n) is 6.11. The molecule has 3 rings (SSSR count). The molecule has 0 aliphatic rings. The van der Waals surface area contributed by atoms with Crippen molar-refractivity contribution in [1.82, 2.24) is 4.90 Å². The van der Waals surface area contributed by atoms with Crippen molar-refractivity contribution in [2.24, 2.45) is 5.73 Å². The third kappa shape index (κ3) is 6.85. The highest BCUT2D eigenvalue weighted by molar-refractivity contribution is 8.10. The number of hydrogen-bond donors (Lipinski definition) is 1. The summed E-state index contributed by atoms with van der Waals surface area (Å²) in [6, 6.07) is 20.0. The number of sulfonamides is 2. The van der Waals surface area contributed by atoms with Gasteiger partial charge in [-0.1, -0.05) is 75.4 Å². The van der Waals surface area contributed by atoms with Gasteiger partial charge in [0.2, 0.25) is 5.91 Å². The first-order valence-electron chi connectivity index (χ1n) is 12.3. The van der Waals surface area contributed by atoms with E-state index in [0.29, 0.717) is 0 Å². The van der Waals surface area contributed by atoms with E-state index in [2.05, 4.69) is 0 Å². The summed E-state index contributed by atoms with van der Waals surface area (Å²) in [5.74, 6) is -2.95. The molecule has 0 aromatic heterocycles. The van der Waals surface area contributed by atoms with Gasteiger partial charge in [0.1, 0.15) is 5.75 Å². The van der Waals surface area contributed by atoms with Gasteiger partial charge in [-0.15, -0.1) is 0 Å². The molecule has 11 heteroatoms. The number of benzene rings is 3. The number of rotatable bonds is 10. The van der Waals surface area contributed by atoms with Crippen LogP contribution in [0.5, 0.6) is 0 Å². The molecule has 0 unspecified atom stereocenters. The van der Waals surface area contributed by atoms with Gasteiger partial charge in [-0.25, -0.2) is 16.8 Å². The van der Waals surface area contributed by atoms with Gasteiger partial charge in [0.05, 0.1) is 16.1 Å². The molecule has 3 aromatic carbocycles. The molecule has 0 fully saturated rings. The second-order valence-electron chi connectivity index (χ2n) is 10.0. The van der Waals surface area contributed by atoms with Crippen molar-refractivity contribution in [1.29, 1.82) is 0 Å². The van der Waals surface area contributed by atoms with Crippen LogP contribution in [-0.4, -0.2) is 45.8 Å². The summed E-state index contributed by atoms with van der Waals surface area (Å²) < 4.78 is 55.5. The summed E-state index contributed by atoms with van der Waals surface area (Å²) >= 11 is 0. The SMILES string of the molecule is CCN(Cc1ccccc1)C(=O)CS(=O)(=O)N(c1ccccc1C(N)=O)S(=O)(=O)c1ccc(C(C)(C)C)cc1. The zero-order valence-corrected chi connectivity index (χ0v) is 24.0. The topological polar surface area (TPSA) is 135 Å². The predicted octanol–water partition coefficient (Wildman–Crippen LogP) is 3.66. The molecule has 2 N–H and O–H groups in total. The molecule has 0 aliphatic carbocycles. The van der Waals surface area contributed by atoms with Crippen molar-refractivity contribution in [3.05, 3.63) is 95.6 Å². The Morgan fingerprint density at radius 3 is 1.92 bits per heavy atom. The van der Waals surface area contributed by atoms with Gasteiger partial charge in [-0.3, -0.25) is 9.59 Å². The lowest BCUT2D eigenvalue weighted by Crippen LogP contribution is -2.44. The van der Waals surface area contributed by atoms with Crippen molar-refractivity contribution in [2.45, 2.75) is 44.6 Å². The molecule has 0 spiro atoms. The van der Waals surface area contributed by atoms with Gasteiger partial charge in [0, 0.05) is 13.1 Å². The Balaban J connectivity index is 2.10. The number of nitrogens with two attached hydrogens (primary N) is 1. The lowest BCUT2D eigenvalue weighted by molar-refractivity contribution is -0.128. The molecule has 0 saturated carbocycles. The quantitative estimate of drug-likeness (QED) is 0.395. The predicted molar refractivity (Wildman–Crippen MR) is 151 cm³/mol. The Kier molecular flexibility index (Phi) is 8.87. The van der Waals surface area contributed by atoms with Crippen LogP contribution in [0, 0.1) is 0 Å². The number of carbonyl (C=O) groups is 2. The van der Waals surface area contributed by atoms with E-state index in [0.717, 1.165) is 11.1 Å². The highest BCUT2D eigenvalue weighted by Gasteiger charge is 2.39. The summed E-state index contributed by atoms with van der Waals surface area (Å²) in [5, 5.41) is 0. The molecule has 0 radical (unpaired) electrons. The maximum Gasteiger partial charge on any atom is 0.277 e. The Bertz CT molecular complexity index is 1550. The molecule has 0 heterocycles. The van der Waals surface area contributed by atoms with Gasteiger partial charge in [0.15, 0.2) is 0 Å². The van der Waals surface area contributed by atoms with Gasteiger partial charge in [-0.2, -0.15) is 3.71 Å². The lowest BCUT2D eigenvalue weighted by atomic mass is 9.87. The Morgan fingerprint density at radius 1 is 0.821 bits per heavy atom. The number of carbonyl (C=O) groups excluding carboxylic acids is 2. The molecule has 2 amide bonds. The van der Waals surface area contributed by atoms with E-state index in [1.54, 1.807) is 43.3 Å². The van der Waals surface area contributed by atoms with Gasteiger partial charge < -0.3 is 10.6 Å². The van der Waals surface area contributed by atoms with Crippen LogP contribution >= 0.6 is 0 Å². The van der Waals surface area contributed by atoms with Gasteiger partial charge in [0.25, 0.3) is 26.0 Å². The van der Waals surface area contributed by atoms with Crippen LogP contribution in [0.3, 0.4) is 0 Å². The van der Waals surface area contributed by atoms with Gasteiger partial charge >= 0.3 is 0 Å². The fraction of sp³-hybridized carbons (Fsp3) is 0.286. The van der Waals surface area contributed by atoms with E-state index in [1.807, 2.05) is 26.8 Å². The van der Waals surface area contributed by atoms with E-state index in [9.17, 15) is 26.4 Å². The van der Waals surface area contributed by atoms with Crippen molar-refractivity contribution in [3.8, 4) is 0 Å². The molecular formula is C28H33N3O6S2. The van der Waals surface area contributed by atoms with Crippen LogP contribution in [0.15, 0.2) is 83.8 Å². The number of amides is 2. The maximum atomic E-state index is 13.9. The van der Waals surface area contributed by atoms with E-state index < -0.39 is 43.3 Å². The fourth-order valence-electron chi connectivity index (χ4n) is 3.98. The highest BCUT2D eigenvalue weighted by atomic mass is 32.3. The molecular weight excluding hydrogens is 538 g/mol. The molecule has 0 aliphatic heterocycles. The van der Waals surface area contributed by atoms with Gasteiger partial charge in [-0.05, 0) is 47.7 Å². The Morgan fingerprint density at radius 2 is 1.38 bits per heavy atom. The minimum atomic E-state index is -4.88. The van der Waals surface area contributed by atoms with Crippen molar-refractivity contribution >= 4 is 37.5 Å². The van der Waals surface area contributed by atoms with Crippen molar-refractivity contribution < 1.29 is 26.4 Å². The molecule has 0 atom stereocenters. The smallest absolute Gasteiger partial charge is 0.277 e. The minimum Gasteiger partial charge on any atom is -0.366 e. The first-order valence-corrected chi connectivity index (χ1v) is 15.3. The van der Waals surface area contributed by atoms with Crippen LogP contribution in [0.1, 0.15) is 49.2 Å². The number of para-hydroxylation sites is 1. The third-order valence-corrected chi connectivity index (χ3v) is 10.2. The summed E-state index contributed by atoms with van der Waals surface area (Å²) in [6.45, 7) is 7.90. The summed E-state index contributed by atoms with van der Waals surface area (Å²) in [4.78, 5) is 26.4. The monoisotopic (exact) mass is 571 g/mol. The molecule has 39 heavy (non-hydrogen) atoms. The van der Waals surface area contributed by atoms with Crippen LogP contribution in [0.2, 0.25) is 0 Å². The zero-order valence-electron chi connectivity index (χ0n) is 22.4. The van der Waals surface area contributed by atoms with E-state index in [-0.39, 0.29) is 32.7 Å². The first-order chi connectivity index (χ1) is 18.2. The average molecular weight is 572 g/mol. The second kappa shape index (κ2) is 11.6. The number of anilines is 1. The summed E-state index contributed by atoms with van der Waals surface area (Å²) in [5.41, 5.74) is 6.04. The van der Waals surface area contributed by atoms with Crippen LogP contribution in [0.25, 0.3) is 0 Å². The molecule has 9 nitrogen and oxygen atoms in total. The van der Waals surface area contributed by atoms with E-state index >= 15 is 0 Å².